The molecule has 0 saturated heterocycles. The van der Waals surface area contributed by atoms with Gasteiger partial charge >= 0.3 is 0 Å². The zero-order valence-corrected chi connectivity index (χ0v) is 14.5. The minimum atomic E-state index is 0.0683. The smallest absolute Gasteiger partial charge is 0.263 e. The van der Waals surface area contributed by atoms with Crippen LogP contribution in [0.5, 0.6) is 5.75 Å². The maximum absolute atomic E-state index is 9.60. The normalized spacial score (nSPS) is 11.0. The summed E-state index contributed by atoms with van der Waals surface area (Å²) in [5, 5.41) is 20.9. The lowest BCUT2D eigenvalue weighted by molar-refractivity contribution is 0.375. The standard InChI is InChI=1S/C16H21N7O2/c1-4-5-6-14-21-16(22-25-14)18-8-12-11(7-19-23(12)3)15-17-9-13(24)10(2)20-15/h7,9,24H,4-6,8H2,1-3H3,(H,18,22). The summed E-state index contributed by atoms with van der Waals surface area (Å²) >= 11 is 0. The highest BCUT2D eigenvalue weighted by molar-refractivity contribution is 5.58. The molecule has 0 bridgehead atoms. The molecule has 3 aromatic rings. The quantitative estimate of drug-likeness (QED) is 0.671. The number of anilines is 1. The third-order valence-electron chi connectivity index (χ3n) is 3.88. The van der Waals surface area contributed by atoms with Gasteiger partial charge in [-0.1, -0.05) is 13.3 Å². The number of nitrogens with one attached hydrogen (secondary N) is 1. The molecule has 3 aromatic heterocycles. The van der Waals surface area contributed by atoms with E-state index in [0.717, 1.165) is 30.5 Å². The Morgan fingerprint density at radius 3 is 2.88 bits per heavy atom. The van der Waals surface area contributed by atoms with E-state index in [2.05, 4.69) is 37.4 Å². The second kappa shape index (κ2) is 7.29. The molecule has 0 aliphatic rings. The number of hydrogen-bond acceptors (Lipinski definition) is 8. The predicted molar refractivity (Wildman–Crippen MR) is 90.9 cm³/mol. The summed E-state index contributed by atoms with van der Waals surface area (Å²) in [6.45, 7) is 4.29. The molecule has 2 N–H and O–H groups in total. The zero-order valence-electron chi connectivity index (χ0n) is 14.5. The Morgan fingerprint density at radius 2 is 2.12 bits per heavy atom. The first-order valence-corrected chi connectivity index (χ1v) is 8.18. The minimum absolute atomic E-state index is 0.0683. The van der Waals surface area contributed by atoms with Crippen LogP contribution in [0.2, 0.25) is 0 Å². The molecule has 9 nitrogen and oxygen atoms in total. The van der Waals surface area contributed by atoms with Crippen LogP contribution in [0.1, 0.15) is 37.0 Å². The van der Waals surface area contributed by atoms with Crippen molar-refractivity contribution < 1.29 is 9.63 Å². The molecule has 0 amide bonds. The van der Waals surface area contributed by atoms with E-state index in [9.17, 15) is 5.11 Å². The van der Waals surface area contributed by atoms with Gasteiger partial charge < -0.3 is 14.9 Å². The van der Waals surface area contributed by atoms with E-state index in [1.807, 2.05) is 7.05 Å². The second-order valence-electron chi connectivity index (χ2n) is 5.76. The van der Waals surface area contributed by atoms with Crippen molar-refractivity contribution in [1.29, 1.82) is 0 Å². The fourth-order valence-electron chi connectivity index (χ4n) is 2.37. The molecular formula is C16H21N7O2. The Bertz CT molecular complexity index is 856. The van der Waals surface area contributed by atoms with E-state index < -0.39 is 0 Å². The maximum Gasteiger partial charge on any atom is 0.263 e. The average Bonchev–Trinajstić information content (AvgIpc) is 3.20. The summed E-state index contributed by atoms with van der Waals surface area (Å²) in [5.74, 6) is 1.66. The number of hydrogen-bond donors (Lipinski definition) is 2. The van der Waals surface area contributed by atoms with Crippen molar-refractivity contribution in [3.63, 3.8) is 0 Å². The highest BCUT2D eigenvalue weighted by atomic mass is 16.5. The van der Waals surface area contributed by atoms with Crippen LogP contribution in [0.25, 0.3) is 11.4 Å². The number of aromatic nitrogens is 6. The van der Waals surface area contributed by atoms with E-state index in [0.29, 0.717) is 29.9 Å². The highest BCUT2D eigenvalue weighted by Gasteiger charge is 2.15. The molecule has 25 heavy (non-hydrogen) atoms. The van der Waals surface area contributed by atoms with Gasteiger partial charge in [0.25, 0.3) is 5.95 Å². The Morgan fingerprint density at radius 1 is 1.28 bits per heavy atom. The first kappa shape index (κ1) is 16.9. The van der Waals surface area contributed by atoms with Gasteiger partial charge in [-0.05, 0) is 18.5 Å². The Labute approximate surface area is 145 Å². The lowest BCUT2D eigenvalue weighted by Crippen LogP contribution is -2.08. The van der Waals surface area contributed by atoms with E-state index in [1.165, 1.54) is 6.20 Å². The molecule has 0 aliphatic carbocycles. The van der Waals surface area contributed by atoms with Gasteiger partial charge in [0.05, 0.1) is 35.9 Å². The molecule has 0 aliphatic heterocycles. The number of unbranched alkanes of at least 4 members (excludes halogenated alkanes) is 1. The van der Waals surface area contributed by atoms with Crippen molar-refractivity contribution in [3.8, 4) is 17.1 Å². The monoisotopic (exact) mass is 343 g/mol. The van der Waals surface area contributed by atoms with Crippen LogP contribution in [0, 0.1) is 6.92 Å². The third-order valence-corrected chi connectivity index (χ3v) is 3.88. The van der Waals surface area contributed by atoms with Crippen molar-refractivity contribution >= 4 is 5.95 Å². The van der Waals surface area contributed by atoms with Gasteiger partial charge in [-0.2, -0.15) is 10.1 Å². The molecule has 3 rings (SSSR count). The van der Waals surface area contributed by atoms with Crippen LogP contribution in [0.3, 0.4) is 0 Å². The first-order chi connectivity index (χ1) is 12.1. The van der Waals surface area contributed by atoms with Crippen LogP contribution in [0.4, 0.5) is 5.95 Å². The number of aromatic hydroxyl groups is 1. The van der Waals surface area contributed by atoms with Gasteiger partial charge in [0, 0.05) is 13.5 Å². The van der Waals surface area contributed by atoms with E-state index >= 15 is 0 Å². The van der Waals surface area contributed by atoms with Crippen molar-refractivity contribution in [2.75, 3.05) is 5.32 Å². The van der Waals surface area contributed by atoms with Crippen molar-refractivity contribution in [2.45, 2.75) is 39.7 Å². The fraction of sp³-hybridized carbons (Fsp3) is 0.438. The van der Waals surface area contributed by atoms with Crippen molar-refractivity contribution in [3.05, 3.63) is 29.7 Å². The summed E-state index contributed by atoms with van der Waals surface area (Å²) in [6, 6.07) is 0. The molecular weight excluding hydrogens is 322 g/mol. The summed E-state index contributed by atoms with van der Waals surface area (Å²) in [5.41, 5.74) is 2.18. The topological polar surface area (TPSA) is 115 Å². The van der Waals surface area contributed by atoms with Crippen LogP contribution in [0.15, 0.2) is 16.9 Å². The second-order valence-corrected chi connectivity index (χ2v) is 5.76. The third kappa shape index (κ3) is 3.76. The van der Waals surface area contributed by atoms with E-state index in [-0.39, 0.29) is 5.75 Å². The van der Waals surface area contributed by atoms with E-state index in [1.54, 1.807) is 17.8 Å². The number of aryl methyl sites for hydroxylation is 3. The Kier molecular flexibility index (Phi) is 4.92. The number of rotatable bonds is 7. The van der Waals surface area contributed by atoms with Crippen LogP contribution in [-0.4, -0.2) is 35.0 Å². The lowest BCUT2D eigenvalue weighted by atomic mass is 10.2. The lowest BCUT2D eigenvalue weighted by Gasteiger charge is -2.06. The molecule has 132 valence electrons. The molecule has 0 atom stereocenters. The summed E-state index contributed by atoms with van der Waals surface area (Å²) < 4.78 is 6.95. The minimum Gasteiger partial charge on any atom is -0.504 e. The first-order valence-electron chi connectivity index (χ1n) is 8.18. The molecule has 0 aromatic carbocycles. The van der Waals surface area contributed by atoms with Crippen LogP contribution >= 0.6 is 0 Å². The Hall–Kier alpha value is -2.97. The molecule has 0 saturated carbocycles. The molecule has 0 fully saturated rings. The summed E-state index contributed by atoms with van der Waals surface area (Å²) in [6.07, 6.45) is 5.97. The van der Waals surface area contributed by atoms with Gasteiger partial charge in [-0.3, -0.25) is 4.68 Å². The zero-order chi connectivity index (χ0) is 17.8. The molecule has 0 spiro atoms. The van der Waals surface area contributed by atoms with Gasteiger partial charge in [0.2, 0.25) is 5.89 Å². The largest absolute Gasteiger partial charge is 0.504 e. The number of nitrogens with zero attached hydrogens (tertiary/aromatic N) is 6. The molecule has 0 radical (unpaired) electrons. The average molecular weight is 343 g/mol. The molecule has 0 unspecified atom stereocenters. The van der Waals surface area contributed by atoms with Crippen LogP contribution in [-0.2, 0) is 20.0 Å². The molecule has 3 heterocycles. The van der Waals surface area contributed by atoms with Crippen LogP contribution < -0.4 is 5.32 Å². The fourth-order valence-corrected chi connectivity index (χ4v) is 2.37. The van der Waals surface area contributed by atoms with Crippen molar-refractivity contribution in [2.24, 2.45) is 7.05 Å². The van der Waals surface area contributed by atoms with Gasteiger partial charge in [0.15, 0.2) is 11.6 Å². The van der Waals surface area contributed by atoms with Gasteiger partial charge in [-0.25, -0.2) is 9.97 Å². The summed E-state index contributed by atoms with van der Waals surface area (Å²) in [7, 11) is 1.84. The predicted octanol–water partition coefficient (Wildman–Crippen LogP) is 2.23. The molecule has 9 heteroatoms. The maximum atomic E-state index is 9.60. The van der Waals surface area contributed by atoms with Gasteiger partial charge in [-0.15, -0.1) is 0 Å². The highest BCUT2D eigenvalue weighted by Crippen LogP contribution is 2.23. The summed E-state index contributed by atoms with van der Waals surface area (Å²) in [4.78, 5) is 12.8. The SMILES string of the molecule is CCCCc1nc(NCc2c(-c3ncc(O)c(C)n3)cnn2C)no1. The Balaban J connectivity index is 1.75. The van der Waals surface area contributed by atoms with Gasteiger partial charge in [0.1, 0.15) is 0 Å². The van der Waals surface area contributed by atoms with E-state index in [4.69, 9.17) is 4.52 Å². The van der Waals surface area contributed by atoms with Crippen molar-refractivity contribution in [1.82, 2.24) is 29.9 Å².